The lowest BCUT2D eigenvalue weighted by Crippen LogP contribution is -2.16. The molecule has 0 saturated carbocycles. The first-order valence-corrected chi connectivity index (χ1v) is 23.7. The highest BCUT2D eigenvalue weighted by Gasteiger charge is 2.25. The van der Waals surface area contributed by atoms with E-state index in [0.717, 1.165) is 17.1 Å². The second kappa shape index (κ2) is 16.6. The molecule has 1 nitrogen and oxygen atoms in total. The van der Waals surface area contributed by atoms with Crippen LogP contribution in [0.5, 0.6) is 0 Å². The van der Waals surface area contributed by atoms with Crippen molar-refractivity contribution in [2.75, 3.05) is 4.90 Å². The number of hydrogen-bond acceptors (Lipinski definition) is 1. The van der Waals surface area contributed by atoms with Crippen LogP contribution in [0, 0.1) is 0 Å². The van der Waals surface area contributed by atoms with Gasteiger partial charge in [0.15, 0.2) is 0 Å². The molecule has 0 heterocycles. The van der Waals surface area contributed by atoms with Crippen LogP contribution >= 0.6 is 0 Å². The van der Waals surface area contributed by atoms with Crippen molar-refractivity contribution in [3.63, 3.8) is 0 Å². The van der Waals surface area contributed by atoms with Crippen LogP contribution in [-0.4, -0.2) is 0 Å². The maximum absolute atomic E-state index is 2.51. The summed E-state index contributed by atoms with van der Waals surface area (Å²) in [4.78, 5) is 2.51. The van der Waals surface area contributed by atoms with E-state index in [-0.39, 0.29) is 10.8 Å². The van der Waals surface area contributed by atoms with Gasteiger partial charge in [0.1, 0.15) is 0 Å². The van der Waals surface area contributed by atoms with Crippen LogP contribution in [0.2, 0.25) is 0 Å². The highest BCUT2D eigenvalue weighted by molar-refractivity contribution is 6.13. The lowest BCUT2D eigenvalue weighted by molar-refractivity contribution is 0.569. The van der Waals surface area contributed by atoms with E-state index in [2.05, 4.69) is 271 Å². The molecule has 1 heteroatoms. The predicted molar refractivity (Wildman–Crippen MR) is 290 cm³/mol. The van der Waals surface area contributed by atoms with Crippen molar-refractivity contribution in [2.24, 2.45) is 0 Å². The molecule has 11 aromatic carbocycles. The van der Waals surface area contributed by atoms with Gasteiger partial charge in [-0.2, -0.15) is 0 Å². The molecule has 0 saturated heterocycles. The minimum absolute atomic E-state index is 0.0116. The minimum Gasteiger partial charge on any atom is -0.309 e. The molecule has 0 aliphatic rings. The van der Waals surface area contributed by atoms with Gasteiger partial charge in [-0.15, -0.1) is 0 Å². The second-order valence-corrected chi connectivity index (χ2v) is 20.1. The van der Waals surface area contributed by atoms with Crippen LogP contribution in [0.25, 0.3) is 87.6 Å². The van der Waals surface area contributed by atoms with Gasteiger partial charge in [-0.25, -0.2) is 0 Å². The molecule has 0 aliphatic carbocycles. The third-order valence-electron chi connectivity index (χ3n) is 13.7. The van der Waals surface area contributed by atoms with Crippen LogP contribution < -0.4 is 4.90 Å². The molecule has 0 amide bonds. The van der Waals surface area contributed by atoms with Crippen molar-refractivity contribution in [1.82, 2.24) is 0 Å². The molecule has 67 heavy (non-hydrogen) atoms. The first-order chi connectivity index (χ1) is 32.5. The molecule has 0 N–H and O–H groups in total. The summed E-state index contributed by atoms with van der Waals surface area (Å²) >= 11 is 0. The molecular formula is C66H55N. The van der Waals surface area contributed by atoms with Crippen LogP contribution in [0.4, 0.5) is 17.1 Å². The van der Waals surface area contributed by atoms with Crippen LogP contribution in [0.3, 0.4) is 0 Å². The zero-order chi connectivity index (χ0) is 45.9. The number of para-hydroxylation sites is 2. The van der Waals surface area contributed by atoms with E-state index < -0.39 is 0 Å². The Labute approximate surface area is 395 Å². The summed E-state index contributed by atoms with van der Waals surface area (Å²) in [6, 6.07) is 83.5. The maximum Gasteiger partial charge on any atom is 0.0540 e. The van der Waals surface area contributed by atoms with Crippen molar-refractivity contribution in [1.29, 1.82) is 0 Å². The molecule has 0 spiro atoms. The van der Waals surface area contributed by atoms with Gasteiger partial charge in [0, 0.05) is 16.8 Å². The van der Waals surface area contributed by atoms with Crippen molar-refractivity contribution in [3.05, 3.63) is 236 Å². The molecular weight excluding hydrogens is 807 g/mol. The van der Waals surface area contributed by atoms with Gasteiger partial charge in [-0.05, 0) is 123 Å². The molecule has 11 rings (SSSR count). The van der Waals surface area contributed by atoms with E-state index in [0.29, 0.717) is 0 Å². The number of benzene rings is 11. The minimum atomic E-state index is -0.0116. The van der Waals surface area contributed by atoms with Crippen molar-refractivity contribution < 1.29 is 0 Å². The Kier molecular flexibility index (Phi) is 10.4. The first-order valence-electron chi connectivity index (χ1n) is 23.7. The Balaban J connectivity index is 1.18. The van der Waals surface area contributed by atoms with Gasteiger partial charge in [-0.1, -0.05) is 242 Å². The molecule has 0 radical (unpaired) electrons. The summed E-state index contributed by atoms with van der Waals surface area (Å²) in [5.41, 5.74) is 15.6. The Hall–Kier alpha value is -7.74. The van der Waals surface area contributed by atoms with Gasteiger partial charge in [0.25, 0.3) is 0 Å². The predicted octanol–water partition coefficient (Wildman–Crippen LogP) is 19.0. The summed E-state index contributed by atoms with van der Waals surface area (Å²) < 4.78 is 0. The number of hydrogen-bond donors (Lipinski definition) is 0. The molecule has 0 unspecified atom stereocenters. The normalized spacial score (nSPS) is 12.0. The van der Waals surface area contributed by atoms with Crippen molar-refractivity contribution in [2.45, 2.75) is 52.4 Å². The van der Waals surface area contributed by atoms with Gasteiger partial charge in [-0.3, -0.25) is 0 Å². The third-order valence-corrected chi connectivity index (χ3v) is 13.7. The van der Waals surface area contributed by atoms with Gasteiger partial charge >= 0.3 is 0 Å². The largest absolute Gasteiger partial charge is 0.309 e. The van der Waals surface area contributed by atoms with Gasteiger partial charge in [0.2, 0.25) is 0 Å². The number of rotatable bonds is 7. The van der Waals surface area contributed by atoms with E-state index in [1.165, 1.54) is 98.7 Å². The fraction of sp³-hybridized carbons (Fsp3) is 0.121. The lowest BCUT2D eigenvalue weighted by Gasteiger charge is -2.31. The smallest absolute Gasteiger partial charge is 0.0540 e. The molecule has 0 aromatic heterocycles. The summed E-state index contributed by atoms with van der Waals surface area (Å²) in [6.45, 7) is 13.9. The second-order valence-electron chi connectivity index (χ2n) is 20.1. The first kappa shape index (κ1) is 41.9. The van der Waals surface area contributed by atoms with Crippen molar-refractivity contribution >= 4 is 60.2 Å². The summed E-state index contributed by atoms with van der Waals surface area (Å²) in [6.07, 6.45) is 0. The average molecular weight is 862 g/mol. The lowest BCUT2D eigenvalue weighted by atomic mass is 9.78. The van der Waals surface area contributed by atoms with E-state index in [1.54, 1.807) is 0 Å². The fourth-order valence-electron chi connectivity index (χ4n) is 10.2. The summed E-state index contributed by atoms with van der Waals surface area (Å²) in [7, 11) is 0. The van der Waals surface area contributed by atoms with Gasteiger partial charge < -0.3 is 4.90 Å². The highest BCUT2D eigenvalue weighted by atomic mass is 15.1. The third kappa shape index (κ3) is 7.65. The SMILES string of the molecule is CC(C)(C)c1cc(-c2cccc3cccc(-c4ccccc4N(c4cccc(-c5cccc6c5ccc5ccccc56)c4)c4ccccc4-c4cccc5ccccc45)c23)cc(C(C)(C)C)c1. The van der Waals surface area contributed by atoms with Crippen LogP contribution in [0.15, 0.2) is 224 Å². The number of fused-ring (bicyclic) bond motifs is 5. The van der Waals surface area contributed by atoms with Crippen LogP contribution in [-0.2, 0) is 10.8 Å². The molecule has 0 atom stereocenters. The van der Waals surface area contributed by atoms with E-state index in [9.17, 15) is 0 Å². The zero-order valence-electron chi connectivity index (χ0n) is 39.3. The summed E-state index contributed by atoms with van der Waals surface area (Å²) in [5, 5.41) is 9.95. The van der Waals surface area contributed by atoms with E-state index in [1.807, 2.05) is 0 Å². The quantitative estimate of drug-likeness (QED) is 0.144. The number of anilines is 3. The average Bonchev–Trinajstić information content (AvgIpc) is 3.35. The Bertz CT molecular complexity index is 3630. The molecule has 11 aromatic rings. The van der Waals surface area contributed by atoms with Crippen molar-refractivity contribution in [3.8, 4) is 44.5 Å². The Morgan fingerprint density at radius 3 is 1.45 bits per heavy atom. The monoisotopic (exact) mass is 861 g/mol. The van der Waals surface area contributed by atoms with E-state index >= 15 is 0 Å². The maximum atomic E-state index is 2.51. The van der Waals surface area contributed by atoms with E-state index in [4.69, 9.17) is 0 Å². The Morgan fingerprint density at radius 2 is 0.761 bits per heavy atom. The molecule has 0 aliphatic heterocycles. The van der Waals surface area contributed by atoms with Gasteiger partial charge in [0.05, 0.1) is 11.4 Å². The topological polar surface area (TPSA) is 3.24 Å². The van der Waals surface area contributed by atoms with Crippen LogP contribution in [0.1, 0.15) is 52.7 Å². The highest BCUT2D eigenvalue weighted by Crippen LogP contribution is 2.49. The fourth-order valence-corrected chi connectivity index (χ4v) is 10.2. The standard InChI is InChI=1S/C66H55N/c1-65(2,3)49-40-48(41-50(43-49)66(4,5)6)55-32-17-23-46-24-18-35-61(64(46)55)60-30-12-14-37-63(60)67(62-36-13-11-29-59(62)57-33-16-22-44-20-7-9-27-52(44)57)51-26-15-25-47(42-51)54-31-19-34-56-53-28-10-8-21-45(53)38-39-58(54)56/h7-43H,1-6H3. The Morgan fingerprint density at radius 1 is 0.284 bits per heavy atom. The zero-order valence-corrected chi connectivity index (χ0v) is 39.3. The molecule has 324 valence electrons. The molecule has 0 fully saturated rings. The number of nitrogens with zero attached hydrogens (tertiary/aromatic N) is 1. The summed E-state index contributed by atoms with van der Waals surface area (Å²) in [5.74, 6) is 0. The molecule has 0 bridgehead atoms.